The number of fused-ring (bicyclic) bond motifs is 1. The second-order valence-electron chi connectivity index (χ2n) is 5.25. The minimum absolute atomic E-state index is 0.215. The summed E-state index contributed by atoms with van der Waals surface area (Å²) in [7, 11) is 0. The van der Waals surface area contributed by atoms with E-state index in [1.54, 1.807) is 0 Å². The van der Waals surface area contributed by atoms with Gasteiger partial charge < -0.3 is 5.32 Å². The van der Waals surface area contributed by atoms with Crippen LogP contribution >= 0.6 is 11.6 Å². The molecule has 2 aromatic rings. The Morgan fingerprint density at radius 2 is 2.00 bits per heavy atom. The largest absolute Gasteiger partial charge is 0.311 e. The van der Waals surface area contributed by atoms with Gasteiger partial charge in [0.2, 0.25) is 0 Å². The minimum atomic E-state index is 0.215. The molecular formula is C17H23ClN2. The summed E-state index contributed by atoms with van der Waals surface area (Å²) in [6, 6.07) is 10.5. The van der Waals surface area contributed by atoms with Crippen LogP contribution in [0.1, 0.15) is 32.3 Å². The topological polar surface area (TPSA) is 24.9 Å². The minimum Gasteiger partial charge on any atom is -0.311 e. The number of hydrogen-bond donors (Lipinski definition) is 1. The molecule has 20 heavy (non-hydrogen) atoms. The van der Waals surface area contributed by atoms with E-state index >= 15 is 0 Å². The smallest absolute Gasteiger partial charge is 0.0702 e. The molecule has 0 saturated carbocycles. The molecule has 0 aliphatic heterocycles. The average Bonchev–Trinajstić information content (AvgIpc) is 2.48. The van der Waals surface area contributed by atoms with E-state index in [0.29, 0.717) is 5.92 Å². The van der Waals surface area contributed by atoms with Crippen molar-refractivity contribution in [3.8, 4) is 0 Å². The highest BCUT2D eigenvalue weighted by Crippen LogP contribution is 2.18. The third-order valence-corrected chi connectivity index (χ3v) is 4.41. The summed E-state index contributed by atoms with van der Waals surface area (Å²) in [5, 5.41) is 4.87. The lowest BCUT2D eigenvalue weighted by atomic mass is 9.99. The van der Waals surface area contributed by atoms with Gasteiger partial charge in [0.15, 0.2) is 0 Å². The van der Waals surface area contributed by atoms with Crippen LogP contribution < -0.4 is 5.32 Å². The summed E-state index contributed by atoms with van der Waals surface area (Å²) < 4.78 is 0. The quantitative estimate of drug-likeness (QED) is 0.766. The highest BCUT2D eigenvalue weighted by molar-refractivity contribution is 6.21. The van der Waals surface area contributed by atoms with Crippen molar-refractivity contribution in [3.05, 3.63) is 42.1 Å². The van der Waals surface area contributed by atoms with Crippen LogP contribution in [-0.2, 0) is 6.54 Å². The molecule has 0 spiro atoms. The molecule has 0 radical (unpaired) electrons. The van der Waals surface area contributed by atoms with E-state index in [9.17, 15) is 0 Å². The summed E-state index contributed by atoms with van der Waals surface area (Å²) in [5.41, 5.74) is 2.32. The molecule has 1 aromatic heterocycles. The van der Waals surface area contributed by atoms with Gasteiger partial charge in [-0.15, -0.1) is 11.6 Å². The fourth-order valence-electron chi connectivity index (χ4n) is 2.56. The Labute approximate surface area is 126 Å². The first-order chi connectivity index (χ1) is 9.74. The van der Waals surface area contributed by atoms with Crippen molar-refractivity contribution in [1.82, 2.24) is 10.3 Å². The molecule has 1 unspecified atom stereocenters. The number of benzene rings is 1. The zero-order valence-electron chi connectivity index (χ0n) is 12.3. The lowest BCUT2D eigenvalue weighted by Gasteiger charge is -2.19. The molecule has 1 N–H and O–H groups in total. The van der Waals surface area contributed by atoms with E-state index in [0.717, 1.165) is 31.4 Å². The predicted molar refractivity (Wildman–Crippen MR) is 87.2 cm³/mol. The van der Waals surface area contributed by atoms with Crippen LogP contribution in [0.2, 0.25) is 0 Å². The van der Waals surface area contributed by atoms with E-state index in [-0.39, 0.29) is 5.38 Å². The molecule has 1 aromatic carbocycles. The van der Waals surface area contributed by atoms with Crippen LogP contribution in [0, 0.1) is 5.92 Å². The summed E-state index contributed by atoms with van der Waals surface area (Å²) in [4.78, 5) is 4.33. The van der Waals surface area contributed by atoms with Gasteiger partial charge in [-0.3, -0.25) is 4.98 Å². The van der Waals surface area contributed by atoms with Crippen LogP contribution in [0.4, 0.5) is 0 Å². The van der Waals surface area contributed by atoms with Gasteiger partial charge in [0.25, 0.3) is 0 Å². The predicted octanol–water partition coefficient (Wildman–Crippen LogP) is 4.37. The maximum absolute atomic E-state index is 6.44. The zero-order chi connectivity index (χ0) is 14.4. The Bertz CT molecular complexity index is 537. The number of halogens is 1. The Kier molecular flexibility index (Phi) is 5.81. The number of rotatable bonds is 7. The lowest BCUT2D eigenvalue weighted by molar-refractivity contribution is 0.446. The lowest BCUT2D eigenvalue weighted by Crippen LogP contribution is -2.28. The summed E-state index contributed by atoms with van der Waals surface area (Å²) in [5.74, 6) is 0.602. The van der Waals surface area contributed by atoms with Gasteiger partial charge in [0.05, 0.1) is 5.52 Å². The maximum Gasteiger partial charge on any atom is 0.0702 e. The van der Waals surface area contributed by atoms with Crippen molar-refractivity contribution in [2.45, 2.75) is 38.6 Å². The van der Waals surface area contributed by atoms with Crippen molar-refractivity contribution in [3.63, 3.8) is 0 Å². The van der Waals surface area contributed by atoms with Gasteiger partial charge in [-0.2, -0.15) is 0 Å². The number of nitrogens with zero attached hydrogens (tertiary/aromatic N) is 1. The van der Waals surface area contributed by atoms with Crippen molar-refractivity contribution < 1.29 is 0 Å². The third kappa shape index (κ3) is 3.94. The number of alkyl halides is 1. The van der Waals surface area contributed by atoms with Crippen LogP contribution in [0.15, 0.2) is 36.5 Å². The van der Waals surface area contributed by atoms with E-state index in [4.69, 9.17) is 11.6 Å². The highest BCUT2D eigenvalue weighted by atomic mass is 35.5. The molecule has 3 heteroatoms. The van der Waals surface area contributed by atoms with Crippen molar-refractivity contribution in [2.75, 3.05) is 6.54 Å². The van der Waals surface area contributed by atoms with Crippen LogP contribution in [0.3, 0.4) is 0 Å². The first kappa shape index (κ1) is 15.3. The van der Waals surface area contributed by atoms with Crippen LogP contribution in [0.5, 0.6) is 0 Å². The number of aromatic nitrogens is 1. The van der Waals surface area contributed by atoms with Crippen LogP contribution in [0.25, 0.3) is 10.9 Å². The van der Waals surface area contributed by atoms with Crippen molar-refractivity contribution in [2.24, 2.45) is 5.92 Å². The Hall–Kier alpha value is -1.12. The van der Waals surface area contributed by atoms with Gasteiger partial charge in [0.1, 0.15) is 0 Å². The number of hydrogen-bond acceptors (Lipinski definition) is 2. The third-order valence-electron chi connectivity index (χ3n) is 3.90. The molecule has 0 aliphatic rings. The fourth-order valence-corrected chi connectivity index (χ4v) is 3.02. The van der Waals surface area contributed by atoms with Gasteiger partial charge in [-0.1, -0.05) is 38.8 Å². The summed E-state index contributed by atoms with van der Waals surface area (Å²) >= 11 is 6.44. The van der Waals surface area contributed by atoms with E-state index < -0.39 is 0 Å². The van der Waals surface area contributed by atoms with E-state index in [2.05, 4.69) is 48.4 Å². The Balaban J connectivity index is 1.89. The second kappa shape index (κ2) is 7.61. The monoisotopic (exact) mass is 290 g/mol. The van der Waals surface area contributed by atoms with Gasteiger partial charge in [-0.25, -0.2) is 0 Å². The number of pyridine rings is 1. The Morgan fingerprint density at radius 3 is 2.75 bits per heavy atom. The molecule has 0 bridgehead atoms. The molecule has 0 saturated heterocycles. The van der Waals surface area contributed by atoms with E-state index in [1.165, 1.54) is 10.9 Å². The number of nitrogens with one attached hydrogen (secondary N) is 1. The summed E-state index contributed by atoms with van der Waals surface area (Å²) in [6.07, 6.45) is 4.12. The zero-order valence-corrected chi connectivity index (χ0v) is 13.0. The Morgan fingerprint density at radius 1 is 1.20 bits per heavy atom. The van der Waals surface area contributed by atoms with Crippen molar-refractivity contribution in [1.29, 1.82) is 0 Å². The van der Waals surface area contributed by atoms with E-state index in [1.807, 2.05) is 12.3 Å². The average molecular weight is 291 g/mol. The molecule has 108 valence electrons. The van der Waals surface area contributed by atoms with Crippen molar-refractivity contribution >= 4 is 22.5 Å². The van der Waals surface area contributed by atoms with Gasteiger partial charge >= 0.3 is 0 Å². The summed E-state index contributed by atoms with van der Waals surface area (Å²) in [6.45, 7) is 6.13. The van der Waals surface area contributed by atoms with Gasteiger partial charge in [0, 0.05) is 30.0 Å². The van der Waals surface area contributed by atoms with Crippen LogP contribution in [-0.4, -0.2) is 16.9 Å². The first-order valence-corrected chi connectivity index (χ1v) is 7.86. The first-order valence-electron chi connectivity index (χ1n) is 7.43. The maximum atomic E-state index is 6.44. The standard InChI is InChI=1S/C17H23ClN2/c1-3-14(4-2)16(18)12-19-11-13-7-8-17-15(10-13)6-5-9-20-17/h5-10,14,16,19H,3-4,11-12H2,1-2H3. The second-order valence-corrected chi connectivity index (χ2v) is 5.81. The molecule has 2 rings (SSSR count). The molecule has 0 aliphatic carbocycles. The van der Waals surface area contributed by atoms with Gasteiger partial charge in [-0.05, 0) is 29.7 Å². The normalized spacial score (nSPS) is 13.0. The molecule has 1 heterocycles. The molecular weight excluding hydrogens is 268 g/mol. The molecule has 2 nitrogen and oxygen atoms in total. The fraction of sp³-hybridized carbons (Fsp3) is 0.471. The molecule has 0 fully saturated rings. The molecule has 1 atom stereocenters. The SMILES string of the molecule is CCC(CC)C(Cl)CNCc1ccc2ncccc2c1. The highest BCUT2D eigenvalue weighted by Gasteiger charge is 2.14. The molecule has 0 amide bonds.